The van der Waals surface area contributed by atoms with Crippen LogP contribution in [0.4, 0.5) is 11.6 Å². The predicted octanol–water partition coefficient (Wildman–Crippen LogP) is 4.78. The number of aromatic hydroxyl groups is 2. The molecular weight excluding hydrogens is 492 g/mol. The van der Waals surface area contributed by atoms with Crippen molar-refractivity contribution >= 4 is 23.6 Å². The van der Waals surface area contributed by atoms with Crippen LogP contribution in [0.1, 0.15) is 34.6 Å². The fraction of sp³-hybridized carbons (Fsp3) is 0.154. The molecular formula is C26H22N6O6. The van der Waals surface area contributed by atoms with Gasteiger partial charge in [0.2, 0.25) is 0 Å². The Labute approximate surface area is 216 Å². The normalized spacial score (nSPS) is 10.9. The fourth-order valence-corrected chi connectivity index (χ4v) is 3.28. The van der Waals surface area contributed by atoms with Gasteiger partial charge in [0.05, 0.1) is 24.3 Å². The van der Waals surface area contributed by atoms with Crippen molar-refractivity contribution in [2.45, 2.75) is 13.8 Å². The van der Waals surface area contributed by atoms with E-state index in [1.807, 2.05) is 0 Å². The Morgan fingerprint density at radius 2 is 1.11 bits per heavy atom. The van der Waals surface area contributed by atoms with E-state index in [0.717, 1.165) is 0 Å². The number of phenols is 2. The molecule has 0 saturated carbocycles. The summed E-state index contributed by atoms with van der Waals surface area (Å²) >= 11 is 0. The van der Waals surface area contributed by atoms with Crippen LogP contribution in [-0.4, -0.2) is 55.3 Å². The first-order chi connectivity index (χ1) is 18.4. The zero-order valence-electron chi connectivity index (χ0n) is 20.4. The van der Waals surface area contributed by atoms with Crippen molar-refractivity contribution in [3.05, 3.63) is 72.1 Å². The molecule has 0 fully saturated rings. The number of benzene rings is 2. The topological polar surface area (TPSA) is 169 Å². The average molecular weight is 514 g/mol. The van der Waals surface area contributed by atoms with E-state index in [1.54, 1.807) is 50.2 Å². The molecule has 12 heteroatoms. The first-order valence-corrected chi connectivity index (χ1v) is 11.5. The second kappa shape index (κ2) is 11.6. The summed E-state index contributed by atoms with van der Waals surface area (Å²) in [6.45, 7) is 3.48. The highest BCUT2D eigenvalue weighted by atomic mass is 16.5. The van der Waals surface area contributed by atoms with Crippen LogP contribution in [0.3, 0.4) is 0 Å². The van der Waals surface area contributed by atoms with Crippen LogP contribution in [0.15, 0.2) is 71.2 Å². The van der Waals surface area contributed by atoms with Gasteiger partial charge in [-0.2, -0.15) is 0 Å². The average Bonchev–Trinajstić information content (AvgIpc) is 2.92. The molecule has 0 saturated heterocycles. The number of carbonyl (C=O) groups is 2. The van der Waals surface area contributed by atoms with Gasteiger partial charge in [0.25, 0.3) is 0 Å². The lowest BCUT2D eigenvalue weighted by atomic mass is 10.2. The minimum Gasteiger partial charge on any atom is -0.507 e. The van der Waals surface area contributed by atoms with E-state index in [4.69, 9.17) is 9.47 Å². The zero-order valence-corrected chi connectivity index (χ0v) is 20.4. The molecule has 2 heterocycles. The minimum absolute atomic E-state index is 0.0769. The van der Waals surface area contributed by atoms with E-state index in [0.29, 0.717) is 11.1 Å². The van der Waals surface area contributed by atoms with Crippen molar-refractivity contribution in [1.82, 2.24) is 19.9 Å². The summed E-state index contributed by atoms with van der Waals surface area (Å²) in [6, 6.07) is 12.8. The molecule has 0 aliphatic carbocycles. The summed E-state index contributed by atoms with van der Waals surface area (Å²) < 4.78 is 10.2. The molecule has 2 aromatic heterocycles. The lowest BCUT2D eigenvalue weighted by molar-refractivity contribution is 0.0516. The van der Waals surface area contributed by atoms with Gasteiger partial charge in [0.15, 0.2) is 23.3 Å². The van der Waals surface area contributed by atoms with Crippen LogP contribution in [0.5, 0.6) is 11.5 Å². The molecule has 0 unspecified atom stereocenters. The number of hydrogen-bond acceptors (Lipinski definition) is 12. The molecule has 4 aromatic rings. The van der Waals surface area contributed by atoms with Crippen LogP contribution in [0.25, 0.3) is 22.8 Å². The number of aromatic nitrogens is 4. The fourth-order valence-electron chi connectivity index (χ4n) is 3.28. The highest BCUT2D eigenvalue weighted by molar-refractivity contribution is 5.95. The number of rotatable bonds is 8. The van der Waals surface area contributed by atoms with E-state index in [-0.39, 0.29) is 59.1 Å². The van der Waals surface area contributed by atoms with Crippen molar-refractivity contribution in [2.75, 3.05) is 13.2 Å². The zero-order chi connectivity index (χ0) is 27.1. The van der Waals surface area contributed by atoms with Crippen molar-refractivity contribution in [3.63, 3.8) is 0 Å². The monoisotopic (exact) mass is 514 g/mol. The van der Waals surface area contributed by atoms with Gasteiger partial charge in [0.1, 0.15) is 22.6 Å². The molecule has 38 heavy (non-hydrogen) atoms. The van der Waals surface area contributed by atoms with E-state index in [9.17, 15) is 19.8 Å². The summed E-state index contributed by atoms with van der Waals surface area (Å²) in [7, 11) is 0. The number of para-hydroxylation sites is 2. The molecule has 4 rings (SSSR count). The van der Waals surface area contributed by atoms with Crippen molar-refractivity contribution in [2.24, 2.45) is 10.2 Å². The molecule has 0 radical (unpaired) electrons. The number of esters is 2. The third kappa shape index (κ3) is 5.59. The van der Waals surface area contributed by atoms with Crippen LogP contribution in [0, 0.1) is 0 Å². The minimum atomic E-state index is -0.742. The Hall–Kier alpha value is -5.26. The van der Waals surface area contributed by atoms with Crippen LogP contribution < -0.4 is 0 Å². The summed E-state index contributed by atoms with van der Waals surface area (Å²) in [4.78, 5) is 42.0. The highest BCUT2D eigenvalue weighted by Gasteiger charge is 2.20. The van der Waals surface area contributed by atoms with Gasteiger partial charge < -0.3 is 19.7 Å². The van der Waals surface area contributed by atoms with Crippen LogP contribution in [-0.2, 0) is 9.47 Å². The van der Waals surface area contributed by atoms with Gasteiger partial charge in [-0.05, 0) is 38.1 Å². The molecule has 12 nitrogen and oxygen atoms in total. The quantitative estimate of drug-likeness (QED) is 0.246. The Morgan fingerprint density at radius 1 is 0.711 bits per heavy atom. The van der Waals surface area contributed by atoms with Gasteiger partial charge in [-0.1, -0.05) is 24.3 Å². The van der Waals surface area contributed by atoms with Crippen molar-refractivity contribution in [3.8, 4) is 34.3 Å². The summed E-state index contributed by atoms with van der Waals surface area (Å²) in [5, 5.41) is 28.6. The van der Waals surface area contributed by atoms with E-state index in [1.165, 1.54) is 24.5 Å². The smallest absolute Gasteiger partial charge is 0.343 e. The number of phenolic OH excluding ortho intramolecular Hbond substituents is 2. The van der Waals surface area contributed by atoms with Crippen molar-refractivity contribution in [1.29, 1.82) is 0 Å². The standard InChI is InChI=1S/C26H22N6O6/c1-3-37-25(35)17-13-27-21(15-9-5-7-11-19(15)33)29-23(17)31-32-24-18(26(36)38-4-2)14-28-22(30-24)16-10-6-8-12-20(16)34/h5-14,33-34H,3-4H2,1-2H3. The lowest BCUT2D eigenvalue weighted by Gasteiger charge is -2.08. The number of carbonyl (C=O) groups excluding carboxylic acids is 2. The second-order valence-electron chi connectivity index (χ2n) is 7.54. The number of azo groups is 1. The molecule has 0 atom stereocenters. The largest absolute Gasteiger partial charge is 0.507 e. The predicted molar refractivity (Wildman–Crippen MR) is 134 cm³/mol. The Morgan fingerprint density at radius 3 is 1.47 bits per heavy atom. The summed E-state index contributed by atoms with van der Waals surface area (Å²) in [6.07, 6.45) is 2.42. The molecule has 2 N–H and O–H groups in total. The molecule has 0 aliphatic rings. The molecule has 0 spiro atoms. The maximum absolute atomic E-state index is 12.5. The van der Waals surface area contributed by atoms with Gasteiger partial charge in [-0.25, -0.2) is 29.5 Å². The van der Waals surface area contributed by atoms with Gasteiger partial charge in [-0.3, -0.25) is 0 Å². The van der Waals surface area contributed by atoms with Gasteiger partial charge in [0, 0.05) is 12.4 Å². The SMILES string of the molecule is CCOC(=O)c1cnc(-c2ccccc2O)nc1N=Nc1nc(-c2ccccc2O)ncc1C(=O)OCC. The number of ether oxygens (including phenoxy) is 2. The van der Waals surface area contributed by atoms with E-state index >= 15 is 0 Å². The highest BCUT2D eigenvalue weighted by Crippen LogP contribution is 2.31. The maximum Gasteiger partial charge on any atom is 0.343 e. The Balaban J connectivity index is 1.84. The van der Waals surface area contributed by atoms with Gasteiger partial charge >= 0.3 is 11.9 Å². The third-order valence-corrected chi connectivity index (χ3v) is 5.06. The van der Waals surface area contributed by atoms with Gasteiger partial charge in [-0.15, -0.1) is 10.2 Å². The van der Waals surface area contributed by atoms with Crippen LogP contribution in [0.2, 0.25) is 0 Å². The Kier molecular flexibility index (Phi) is 7.92. The number of hydrogen-bond donors (Lipinski definition) is 2. The molecule has 0 amide bonds. The lowest BCUT2D eigenvalue weighted by Crippen LogP contribution is -2.08. The first-order valence-electron chi connectivity index (χ1n) is 11.5. The van der Waals surface area contributed by atoms with E-state index in [2.05, 4.69) is 30.2 Å². The molecule has 2 aromatic carbocycles. The summed E-state index contributed by atoms with van der Waals surface area (Å²) in [5.74, 6) is -1.86. The Bertz CT molecular complexity index is 1410. The van der Waals surface area contributed by atoms with Crippen molar-refractivity contribution < 1.29 is 29.3 Å². The third-order valence-electron chi connectivity index (χ3n) is 5.06. The van der Waals surface area contributed by atoms with E-state index < -0.39 is 11.9 Å². The molecule has 0 aliphatic heterocycles. The van der Waals surface area contributed by atoms with Crippen LogP contribution >= 0.6 is 0 Å². The number of nitrogens with zero attached hydrogens (tertiary/aromatic N) is 6. The second-order valence-corrected chi connectivity index (χ2v) is 7.54. The summed E-state index contributed by atoms with van der Waals surface area (Å²) in [5.41, 5.74) is 0.413. The molecule has 192 valence electrons. The maximum atomic E-state index is 12.5. The first kappa shape index (κ1) is 25.8. The molecule has 0 bridgehead atoms.